The van der Waals surface area contributed by atoms with Crippen LogP contribution in [0, 0.1) is 6.92 Å². The second-order valence-corrected chi connectivity index (χ2v) is 8.92. The molecular weight excluding hydrogens is 432 g/mol. The van der Waals surface area contributed by atoms with Crippen LogP contribution in [0.2, 0.25) is 0 Å². The molecule has 1 aliphatic rings. The Morgan fingerprint density at radius 2 is 1.79 bits per heavy atom. The Kier molecular flexibility index (Phi) is 8.34. The molecule has 0 saturated carbocycles. The fourth-order valence-electron chi connectivity index (χ4n) is 4.14. The maximum absolute atomic E-state index is 13.1. The van der Waals surface area contributed by atoms with Crippen molar-refractivity contribution in [1.29, 1.82) is 0 Å². The Bertz CT molecular complexity index is 1060. The first-order valence-electron chi connectivity index (χ1n) is 11.7. The van der Waals surface area contributed by atoms with E-state index in [9.17, 15) is 19.8 Å². The number of ether oxygens (including phenoxy) is 1. The van der Waals surface area contributed by atoms with Crippen molar-refractivity contribution in [2.24, 2.45) is 0 Å². The average molecular weight is 467 g/mol. The van der Waals surface area contributed by atoms with E-state index in [2.05, 4.69) is 6.92 Å². The van der Waals surface area contributed by atoms with Crippen LogP contribution in [-0.2, 0) is 9.59 Å². The molecule has 2 N–H and O–H groups in total. The summed E-state index contributed by atoms with van der Waals surface area (Å²) < 4.78 is 5.75. The number of unbranched alkanes of at least 4 members (excludes halogenated alkanes) is 1. The van der Waals surface area contributed by atoms with Crippen molar-refractivity contribution in [2.45, 2.75) is 39.2 Å². The third-order valence-corrected chi connectivity index (χ3v) is 5.97. The summed E-state index contributed by atoms with van der Waals surface area (Å²) >= 11 is 0. The number of ketones is 1. The van der Waals surface area contributed by atoms with Crippen molar-refractivity contribution in [3.8, 4) is 11.5 Å². The maximum atomic E-state index is 13.1. The van der Waals surface area contributed by atoms with E-state index in [0.717, 1.165) is 24.9 Å². The molecule has 1 fully saturated rings. The van der Waals surface area contributed by atoms with Gasteiger partial charge in [-0.2, -0.15) is 0 Å². The number of aliphatic hydroxyl groups is 1. The van der Waals surface area contributed by atoms with Gasteiger partial charge in [-0.1, -0.05) is 25.5 Å². The molecule has 0 bridgehead atoms. The van der Waals surface area contributed by atoms with Crippen LogP contribution in [-0.4, -0.2) is 65.5 Å². The SMILES string of the molecule is CCCCOc1ccc(C(O)=C2C(=O)C(=O)N(CCCN(C)C)[C@H]2c2ccc(O)cc2)c(C)c1. The number of aromatic hydroxyl groups is 1. The highest BCUT2D eigenvalue weighted by Gasteiger charge is 2.45. The molecule has 7 nitrogen and oxygen atoms in total. The van der Waals surface area contributed by atoms with Crippen molar-refractivity contribution in [3.63, 3.8) is 0 Å². The Balaban J connectivity index is 2.02. The number of carbonyl (C=O) groups excluding carboxylic acids is 2. The molecule has 2 aromatic rings. The van der Waals surface area contributed by atoms with Gasteiger partial charge in [-0.25, -0.2) is 0 Å². The zero-order valence-corrected chi connectivity index (χ0v) is 20.4. The highest BCUT2D eigenvalue weighted by molar-refractivity contribution is 6.46. The van der Waals surface area contributed by atoms with E-state index in [0.29, 0.717) is 36.4 Å². The minimum Gasteiger partial charge on any atom is -0.508 e. The van der Waals surface area contributed by atoms with E-state index in [1.165, 1.54) is 17.0 Å². The number of benzene rings is 2. The molecule has 1 saturated heterocycles. The maximum Gasteiger partial charge on any atom is 0.295 e. The number of phenols is 1. The van der Waals surface area contributed by atoms with Crippen LogP contribution >= 0.6 is 0 Å². The molecule has 0 aliphatic carbocycles. The zero-order valence-electron chi connectivity index (χ0n) is 20.4. The number of rotatable bonds is 10. The number of Topliss-reactive ketones (excluding diaryl/α,β-unsaturated/α-hetero) is 1. The van der Waals surface area contributed by atoms with E-state index in [-0.39, 0.29) is 17.1 Å². The van der Waals surface area contributed by atoms with Crippen molar-refractivity contribution in [2.75, 3.05) is 33.8 Å². The van der Waals surface area contributed by atoms with Gasteiger partial charge in [0, 0.05) is 12.1 Å². The second-order valence-electron chi connectivity index (χ2n) is 8.92. The number of likely N-dealkylation sites (tertiary alicyclic amines) is 1. The Hall–Kier alpha value is -3.32. The predicted octanol–water partition coefficient (Wildman–Crippen LogP) is 4.25. The number of hydrogen-bond donors (Lipinski definition) is 2. The quantitative estimate of drug-likeness (QED) is 0.235. The van der Waals surface area contributed by atoms with E-state index in [1.54, 1.807) is 24.3 Å². The van der Waals surface area contributed by atoms with Crippen LogP contribution in [0.4, 0.5) is 0 Å². The van der Waals surface area contributed by atoms with Crippen molar-refractivity contribution in [3.05, 3.63) is 64.7 Å². The molecule has 182 valence electrons. The topological polar surface area (TPSA) is 90.3 Å². The first-order valence-corrected chi connectivity index (χ1v) is 11.7. The summed E-state index contributed by atoms with van der Waals surface area (Å²) in [5.74, 6) is -0.757. The molecule has 1 aliphatic heterocycles. The molecule has 2 aromatic carbocycles. The normalized spacial score (nSPS) is 17.6. The molecule has 0 spiro atoms. The summed E-state index contributed by atoms with van der Waals surface area (Å²) in [5.41, 5.74) is 1.94. The molecule has 0 aromatic heterocycles. The van der Waals surface area contributed by atoms with E-state index in [4.69, 9.17) is 4.74 Å². The lowest BCUT2D eigenvalue weighted by atomic mass is 9.93. The van der Waals surface area contributed by atoms with Crippen molar-refractivity contribution < 1.29 is 24.5 Å². The van der Waals surface area contributed by atoms with E-state index >= 15 is 0 Å². The number of aliphatic hydroxyl groups excluding tert-OH is 1. The minimum absolute atomic E-state index is 0.0586. The van der Waals surface area contributed by atoms with Gasteiger partial charge >= 0.3 is 0 Å². The summed E-state index contributed by atoms with van der Waals surface area (Å²) in [6, 6.07) is 11.0. The van der Waals surface area contributed by atoms with Crippen molar-refractivity contribution >= 4 is 17.4 Å². The average Bonchev–Trinajstić information content (AvgIpc) is 3.04. The van der Waals surface area contributed by atoms with Gasteiger partial charge in [-0.15, -0.1) is 0 Å². The van der Waals surface area contributed by atoms with Crippen molar-refractivity contribution in [1.82, 2.24) is 9.80 Å². The Morgan fingerprint density at radius 3 is 2.41 bits per heavy atom. The molecular formula is C27H34N2O5. The van der Waals surface area contributed by atoms with Crippen LogP contribution in [0.1, 0.15) is 48.9 Å². The summed E-state index contributed by atoms with van der Waals surface area (Å²) in [6.07, 6.45) is 2.66. The third kappa shape index (κ3) is 5.59. The number of hydrogen-bond acceptors (Lipinski definition) is 6. The number of carbonyl (C=O) groups is 2. The monoisotopic (exact) mass is 466 g/mol. The van der Waals surface area contributed by atoms with Crippen LogP contribution in [0.5, 0.6) is 11.5 Å². The zero-order chi connectivity index (χ0) is 24.8. The van der Waals surface area contributed by atoms with Gasteiger partial charge in [-0.3, -0.25) is 9.59 Å². The lowest BCUT2D eigenvalue weighted by Gasteiger charge is -2.26. The molecule has 1 amide bonds. The van der Waals surface area contributed by atoms with Gasteiger partial charge in [0.25, 0.3) is 11.7 Å². The van der Waals surface area contributed by atoms with Gasteiger partial charge in [-0.05, 0) is 81.9 Å². The molecule has 1 heterocycles. The van der Waals surface area contributed by atoms with Gasteiger partial charge in [0.05, 0.1) is 18.2 Å². The van der Waals surface area contributed by atoms with Crippen LogP contribution in [0.3, 0.4) is 0 Å². The summed E-state index contributed by atoms with van der Waals surface area (Å²) in [7, 11) is 3.90. The molecule has 0 unspecified atom stereocenters. The van der Waals surface area contributed by atoms with Crippen LogP contribution in [0.15, 0.2) is 48.0 Å². The van der Waals surface area contributed by atoms with Gasteiger partial charge in [0.2, 0.25) is 0 Å². The second kappa shape index (κ2) is 11.2. The smallest absolute Gasteiger partial charge is 0.295 e. The fraction of sp³-hybridized carbons (Fsp3) is 0.407. The van der Waals surface area contributed by atoms with Gasteiger partial charge in [0.15, 0.2) is 0 Å². The number of amides is 1. The summed E-state index contributed by atoms with van der Waals surface area (Å²) in [6.45, 7) is 5.67. The summed E-state index contributed by atoms with van der Waals surface area (Å²) in [5, 5.41) is 21.0. The molecule has 1 atom stereocenters. The molecule has 3 rings (SSSR count). The van der Waals surface area contributed by atoms with Gasteiger partial charge < -0.3 is 24.7 Å². The predicted molar refractivity (Wildman–Crippen MR) is 132 cm³/mol. The highest BCUT2D eigenvalue weighted by Crippen LogP contribution is 2.40. The minimum atomic E-state index is -0.734. The van der Waals surface area contributed by atoms with Gasteiger partial charge in [0.1, 0.15) is 17.3 Å². The molecule has 7 heteroatoms. The standard InChI is InChI=1S/C27H34N2O5/c1-5-6-16-34-21-12-13-22(18(2)17-21)25(31)23-24(19-8-10-20(30)11-9-19)29(27(33)26(23)32)15-7-14-28(3)4/h8-13,17,24,30-31H,5-7,14-16H2,1-4H3/t24-/m0/s1. The molecule has 0 radical (unpaired) electrons. The van der Waals surface area contributed by atoms with Crippen LogP contribution in [0.25, 0.3) is 5.76 Å². The Labute approximate surface area is 201 Å². The van der Waals surface area contributed by atoms with E-state index < -0.39 is 17.7 Å². The van der Waals surface area contributed by atoms with Crippen LogP contribution < -0.4 is 4.74 Å². The lowest BCUT2D eigenvalue weighted by molar-refractivity contribution is -0.139. The first kappa shape index (κ1) is 25.3. The highest BCUT2D eigenvalue weighted by atomic mass is 16.5. The first-order chi connectivity index (χ1) is 16.2. The number of aryl methyl sites for hydroxylation is 1. The third-order valence-electron chi connectivity index (χ3n) is 5.97. The Morgan fingerprint density at radius 1 is 1.09 bits per heavy atom. The fourth-order valence-corrected chi connectivity index (χ4v) is 4.14. The molecule has 34 heavy (non-hydrogen) atoms. The summed E-state index contributed by atoms with van der Waals surface area (Å²) in [4.78, 5) is 29.7. The number of phenolic OH excluding ortho intramolecular Hbond substituents is 1. The number of nitrogens with zero attached hydrogens (tertiary/aromatic N) is 2. The largest absolute Gasteiger partial charge is 0.508 e. The van der Waals surface area contributed by atoms with E-state index in [1.807, 2.05) is 32.0 Å². The lowest BCUT2D eigenvalue weighted by Crippen LogP contribution is -2.32.